The third kappa shape index (κ3) is 4.68. The Morgan fingerprint density at radius 3 is 2.74 bits per heavy atom. The number of nitrogens with zero attached hydrogens (tertiary/aromatic N) is 3. The van der Waals surface area contributed by atoms with Crippen LogP contribution in [0.4, 0.5) is 0 Å². The van der Waals surface area contributed by atoms with E-state index in [0.717, 1.165) is 31.2 Å². The Bertz CT molecular complexity index is 1190. The molecule has 1 saturated carbocycles. The first-order valence-corrected chi connectivity index (χ1v) is 12.3. The molecular formula is C23H24N4O2S2. The van der Waals surface area contributed by atoms with Crippen molar-refractivity contribution >= 4 is 39.2 Å². The molecule has 31 heavy (non-hydrogen) atoms. The van der Waals surface area contributed by atoms with E-state index < -0.39 is 0 Å². The first-order chi connectivity index (χ1) is 15.1. The van der Waals surface area contributed by atoms with Gasteiger partial charge in [0.2, 0.25) is 0 Å². The number of aryl methyl sites for hydroxylation is 1. The third-order valence-electron chi connectivity index (χ3n) is 5.61. The van der Waals surface area contributed by atoms with Crippen LogP contribution >= 0.6 is 23.1 Å². The largest absolute Gasteiger partial charge is 0.349 e. The maximum absolute atomic E-state index is 13.5. The average molecular weight is 453 g/mol. The number of rotatable bonds is 6. The van der Waals surface area contributed by atoms with Crippen LogP contribution in [0.2, 0.25) is 0 Å². The second-order valence-electron chi connectivity index (χ2n) is 7.76. The summed E-state index contributed by atoms with van der Waals surface area (Å²) in [5.74, 6) is 0.0826. The normalized spacial score (nSPS) is 14.5. The molecule has 1 N–H and O–H groups in total. The molecule has 0 unspecified atom stereocenters. The lowest BCUT2D eigenvalue weighted by molar-refractivity contribution is 0.0931. The number of aromatic nitrogens is 2. The van der Waals surface area contributed by atoms with Crippen molar-refractivity contribution in [2.45, 2.75) is 56.8 Å². The van der Waals surface area contributed by atoms with E-state index in [1.54, 1.807) is 4.57 Å². The number of nitrogens with one attached hydrogen (secondary N) is 1. The minimum atomic E-state index is -0.167. The molecule has 1 aromatic carbocycles. The standard InChI is InChI=1S/C23H24N4O2S2/c1-15-18-21(31-19(15)20(28)25-17-10-6-3-7-11-17)26-23(30-13-12-24)27(22(18)29)14-16-8-4-2-5-9-16/h2,4-5,8-9,17H,3,6-7,10-11,13-14H2,1H3,(H,25,28). The van der Waals surface area contributed by atoms with Crippen molar-refractivity contribution < 1.29 is 4.79 Å². The topological polar surface area (TPSA) is 87.8 Å². The van der Waals surface area contributed by atoms with Gasteiger partial charge in [-0.15, -0.1) is 11.3 Å². The second kappa shape index (κ2) is 9.67. The van der Waals surface area contributed by atoms with Crippen LogP contribution in [0, 0.1) is 18.3 Å². The first-order valence-electron chi connectivity index (χ1n) is 10.5. The van der Waals surface area contributed by atoms with E-state index in [-0.39, 0.29) is 23.3 Å². The van der Waals surface area contributed by atoms with Gasteiger partial charge in [-0.3, -0.25) is 14.2 Å². The number of benzene rings is 1. The lowest BCUT2D eigenvalue weighted by Crippen LogP contribution is -2.36. The molecule has 0 aliphatic heterocycles. The van der Waals surface area contributed by atoms with Crippen molar-refractivity contribution in [2.24, 2.45) is 0 Å². The Balaban J connectivity index is 1.74. The number of carbonyl (C=O) groups is 1. The fourth-order valence-electron chi connectivity index (χ4n) is 4.02. The number of thiophene rings is 1. The number of nitriles is 1. The summed E-state index contributed by atoms with van der Waals surface area (Å²) < 4.78 is 1.61. The molecule has 2 aromatic heterocycles. The van der Waals surface area contributed by atoms with Gasteiger partial charge in [-0.25, -0.2) is 4.98 Å². The molecule has 1 aliphatic rings. The van der Waals surface area contributed by atoms with E-state index in [1.165, 1.54) is 29.5 Å². The summed E-state index contributed by atoms with van der Waals surface area (Å²) in [6, 6.07) is 12.0. The monoisotopic (exact) mass is 452 g/mol. The summed E-state index contributed by atoms with van der Waals surface area (Å²) in [4.78, 5) is 32.2. The molecule has 3 aromatic rings. The molecule has 160 valence electrons. The Hall–Kier alpha value is -2.63. The highest BCUT2D eigenvalue weighted by atomic mass is 32.2. The average Bonchev–Trinajstić information content (AvgIpc) is 3.12. The highest BCUT2D eigenvalue weighted by molar-refractivity contribution is 7.99. The van der Waals surface area contributed by atoms with Gasteiger partial charge < -0.3 is 5.32 Å². The Morgan fingerprint density at radius 1 is 1.29 bits per heavy atom. The van der Waals surface area contributed by atoms with Crippen LogP contribution in [0.5, 0.6) is 0 Å². The molecule has 6 nitrogen and oxygen atoms in total. The summed E-state index contributed by atoms with van der Waals surface area (Å²) in [6.45, 7) is 2.20. The van der Waals surface area contributed by atoms with Gasteiger partial charge in [-0.2, -0.15) is 5.26 Å². The third-order valence-corrected chi connectivity index (χ3v) is 7.64. The van der Waals surface area contributed by atoms with E-state index in [2.05, 4.69) is 11.4 Å². The number of thioether (sulfide) groups is 1. The summed E-state index contributed by atoms with van der Waals surface area (Å²) in [7, 11) is 0. The summed E-state index contributed by atoms with van der Waals surface area (Å²) in [5, 5.41) is 13.2. The van der Waals surface area contributed by atoms with Crippen LogP contribution in [0.3, 0.4) is 0 Å². The lowest BCUT2D eigenvalue weighted by Gasteiger charge is -2.22. The van der Waals surface area contributed by atoms with Crippen LogP contribution < -0.4 is 10.9 Å². The molecule has 0 atom stereocenters. The number of carbonyl (C=O) groups excluding carboxylic acids is 1. The number of amides is 1. The zero-order chi connectivity index (χ0) is 21.8. The fraction of sp³-hybridized carbons (Fsp3) is 0.391. The smallest absolute Gasteiger partial charge is 0.263 e. The molecule has 0 saturated heterocycles. The van der Waals surface area contributed by atoms with Crippen molar-refractivity contribution in [2.75, 3.05) is 5.75 Å². The maximum Gasteiger partial charge on any atom is 0.263 e. The number of hydrogen-bond acceptors (Lipinski definition) is 6. The maximum atomic E-state index is 13.5. The molecule has 1 aliphatic carbocycles. The highest BCUT2D eigenvalue weighted by Crippen LogP contribution is 2.30. The van der Waals surface area contributed by atoms with Gasteiger partial charge in [0.1, 0.15) is 4.83 Å². The van der Waals surface area contributed by atoms with Crippen molar-refractivity contribution in [3.05, 3.63) is 56.7 Å². The predicted octanol–water partition coefficient (Wildman–Crippen LogP) is 4.49. The summed E-state index contributed by atoms with van der Waals surface area (Å²) in [6.07, 6.45) is 5.52. The minimum absolute atomic E-state index is 0.118. The van der Waals surface area contributed by atoms with Crippen LogP contribution in [0.1, 0.15) is 52.9 Å². The van der Waals surface area contributed by atoms with Crippen molar-refractivity contribution in [3.8, 4) is 6.07 Å². The Labute approximate surface area is 189 Å². The van der Waals surface area contributed by atoms with E-state index >= 15 is 0 Å². The Morgan fingerprint density at radius 2 is 2.03 bits per heavy atom. The SMILES string of the molecule is Cc1c(C(=O)NC2CCCCC2)sc2nc(SCC#N)n(Cc3ccccc3)c(=O)c12. The molecule has 2 heterocycles. The van der Waals surface area contributed by atoms with Gasteiger partial charge in [0.05, 0.1) is 28.6 Å². The predicted molar refractivity (Wildman–Crippen MR) is 125 cm³/mol. The zero-order valence-electron chi connectivity index (χ0n) is 17.4. The molecule has 0 bridgehead atoms. The van der Waals surface area contributed by atoms with Gasteiger partial charge in [-0.05, 0) is 30.9 Å². The molecule has 1 amide bonds. The number of fused-ring (bicyclic) bond motifs is 1. The van der Waals surface area contributed by atoms with Gasteiger partial charge in [0, 0.05) is 6.04 Å². The summed E-state index contributed by atoms with van der Waals surface area (Å²) >= 11 is 2.51. The van der Waals surface area contributed by atoms with Crippen LogP contribution in [-0.4, -0.2) is 27.3 Å². The number of hydrogen-bond donors (Lipinski definition) is 1. The van der Waals surface area contributed by atoms with E-state index in [1.807, 2.05) is 37.3 Å². The minimum Gasteiger partial charge on any atom is -0.349 e. The van der Waals surface area contributed by atoms with Crippen LogP contribution in [0.25, 0.3) is 10.2 Å². The van der Waals surface area contributed by atoms with Crippen LogP contribution in [0.15, 0.2) is 40.3 Å². The second-order valence-corrected chi connectivity index (χ2v) is 9.70. The molecule has 0 radical (unpaired) electrons. The van der Waals surface area contributed by atoms with E-state index in [4.69, 9.17) is 10.2 Å². The van der Waals surface area contributed by atoms with Crippen LogP contribution in [-0.2, 0) is 6.54 Å². The fourth-order valence-corrected chi connectivity index (χ4v) is 5.81. The first kappa shape index (κ1) is 21.6. The van der Waals surface area contributed by atoms with Gasteiger partial charge in [-0.1, -0.05) is 61.4 Å². The quantitative estimate of drug-likeness (QED) is 0.440. The van der Waals surface area contributed by atoms with Crippen molar-refractivity contribution in [1.29, 1.82) is 5.26 Å². The van der Waals surface area contributed by atoms with Gasteiger partial charge in [0.15, 0.2) is 5.16 Å². The van der Waals surface area contributed by atoms with Gasteiger partial charge in [0.25, 0.3) is 11.5 Å². The van der Waals surface area contributed by atoms with Crippen molar-refractivity contribution in [1.82, 2.24) is 14.9 Å². The molecular weight excluding hydrogens is 428 g/mol. The molecule has 4 rings (SSSR count). The van der Waals surface area contributed by atoms with E-state index in [0.29, 0.717) is 32.4 Å². The molecule has 0 spiro atoms. The molecule has 1 fully saturated rings. The lowest BCUT2D eigenvalue weighted by atomic mass is 9.95. The zero-order valence-corrected chi connectivity index (χ0v) is 19.0. The van der Waals surface area contributed by atoms with Gasteiger partial charge >= 0.3 is 0 Å². The summed E-state index contributed by atoms with van der Waals surface area (Å²) in [5.41, 5.74) is 1.50. The van der Waals surface area contributed by atoms with Crippen molar-refractivity contribution in [3.63, 3.8) is 0 Å². The Kier molecular flexibility index (Phi) is 6.73. The molecule has 8 heteroatoms. The highest BCUT2D eigenvalue weighted by Gasteiger charge is 2.24. The van der Waals surface area contributed by atoms with E-state index in [9.17, 15) is 9.59 Å².